The molecule has 0 aliphatic heterocycles. The second-order valence-electron chi connectivity index (χ2n) is 4.75. The van der Waals surface area contributed by atoms with Gasteiger partial charge in [0.25, 0.3) is 11.6 Å². The number of nitro groups is 1. The minimum absolute atomic E-state index is 0.00665. The number of benzene rings is 1. The van der Waals surface area contributed by atoms with Gasteiger partial charge in [0, 0.05) is 36.4 Å². The van der Waals surface area contributed by atoms with Crippen molar-refractivity contribution in [3.63, 3.8) is 0 Å². The molecule has 0 bridgehead atoms. The lowest BCUT2D eigenvalue weighted by Gasteiger charge is -2.09. The number of aromatic nitrogens is 1. The molecule has 1 amide bonds. The second-order valence-corrected chi connectivity index (χ2v) is 4.75. The van der Waals surface area contributed by atoms with Crippen LogP contribution in [0.4, 0.5) is 11.4 Å². The highest BCUT2D eigenvalue weighted by atomic mass is 16.6. The maximum atomic E-state index is 12.2. The molecule has 0 radical (unpaired) electrons. The molecule has 1 heterocycles. The summed E-state index contributed by atoms with van der Waals surface area (Å²) in [6.45, 7) is 3.42. The van der Waals surface area contributed by atoms with Gasteiger partial charge in [0.1, 0.15) is 0 Å². The summed E-state index contributed by atoms with van der Waals surface area (Å²) in [5, 5.41) is 13.6. The van der Waals surface area contributed by atoms with Crippen LogP contribution in [-0.4, -0.2) is 10.8 Å². The number of aryl methyl sites for hydroxylation is 1. The number of nitrogens with zero attached hydrogens (tertiary/aromatic N) is 2. The van der Waals surface area contributed by atoms with Crippen molar-refractivity contribution in [2.24, 2.45) is 0 Å². The number of anilines is 1. The van der Waals surface area contributed by atoms with Crippen molar-refractivity contribution in [2.45, 2.75) is 19.9 Å². The zero-order chi connectivity index (χ0) is 15.4. The van der Waals surface area contributed by atoms with Crippen LogP contribution < -0.4 is 9.88 Å². The Morgan fingerprint density at radius 3 is 2.57 bits per heavy atom. The van der Waals surface area contributed by atoms with Crippen molar-refractivity contribution in [2.75, 3.05) is 5.32 Å². The molecule has 0 spiro atoms. The van der Waals surface area contributed by atoms with Crippen LogP contribution >= 0.6 is 0 Å². The second kappa shape index (κ2) is 6.13. The lowest BCUT2D eigenvalue weighted by Crippen LogP contribution is -2.43. The third kappa shape index (κ3) is 3.42. The van der Waals surface area contributed by atoms with Gasteiger partial charge in [-0.15, -0.1) is 0 Å². The monoisotopic (exact) mass is 286 g/mol. The first-order valence-corrected chi connectivity index (χ1v) is 6.50. The molecule has 0 aliphatic carbocycles. The molecule has 0 aliphatic rings. The first-order chi connectivity index (χ1) is 9.99. The Labute approximate surface area is 122 Å². The number of carbonyl (C=O) groups is 1. The molecular formula is C15H16N3O3+. The highest BCUT2D eigenvalue weighted by molar-refractivity contribution is 5.92. The smallest absolute Gasteiger partial charge is 0.293 e. The van der Waals surface area contributed by atoms with E-state index >= 15 is 0 Å². The van der Waals surface area contributed by atoms with E-state index in [1.54, 1.807) is 42.9 Å². The molecule has 1 aromatic carbocycles. The van der Waals surface area contributed by atoms with E-state index in [0.29, 0.717) is 11.3 Å². The van der Waals surface area contributed by atoms with Crippen molar-refractivity contribution in [3.05, 3.63) is 64.5 Å². The van der Waals surface area contributed by atoms with Gasteiger partial charge in [-0.2, -0.15) is 4.57 Å². The van der Waals surface area contributed by atoms with Crippen LogP contribution in [0.25, 0.3) is 0 Å². The highest BCUT2D eigenvalue weighted by Gasteiger charge is 2.22. The van der Waals surface area contributed by atoms with Crippen molar-refractivity contribution < 1.29 is 14.3 Å². The minimum Gasteiger partial charge on any atom is -0.320 e. The van der Waals surface area contributed by atoms with E-state index in [2.05, 4.69) is 5.32 Å². The standard InChI is InChI=1S/C15H15N3O3/c1-11-6-7-13(10-14(11)18(20)21)16-15(19)12(2)17-8-4-3-5-9-17/h3-10,12H,1-2H3/p+1/t12-/m1/s1. The Morgan fingerprint density at radius 2 is 1.95 bits per heavy atom. The third-order valence-corrected chi connectivity index (χ3v) is 3.24. The minimum atomic E-state index is -0.458. The number of nitrogens with one attached hydrogen (secondary N) is 1. The number of nitro benzene ring substituents is 1. The van der Waals surface area contributed by atoms with Crippen LogP contribution in [0.15, 0.2) is 48.8 Å². The Bertz CT molecular complexity index is 671. The lowest BCUT2D eigenvalue weighted by molar-refractivity contribution is -0.705. The molecule has 0 saturated heterocycles. The predicted molar refractivity (Wildman–Crippen MR) is 77.8 cm³/mol. The molecule has 21 heavy (non-hydrogen) atoms. The summed E-state index contributed by atoms with van der Waals surface area (Å²) >= 11 is 0. The van der Waals surface area contributed by atoms with Gasteiger partial charge in [0.05, 0.1) is 4.92 Å². The number of hydrogen-bond donors (Lipinski definition) is 1. The van der Waals surface area contributed by atoms with Crippen molar-refractivity contribution in [1.82, 2.24) is 0 Å². The topological polar surface area (TPSA) is 76.1 Å². The largest absolute Gasteiger partial charge is 0.320 e. The molecule has 0 fully saturated rings. The highest BCUT2D eigenvalue weighted by Crippen LogP contribution is 2.22. The van der Waals surface area contributed by atoms with Crippen molar-refractivity contribution in [3.8, 4) is 0 Å². The summed E-state index contributed by atoms with van der Waals surface area (Å²) < 4.78 is 1.76. The first-order valence-electron chi connectivity index (χ1n) is 6.50. The predicted octanol–water partition coefficient (Wildman–Crippen LogP) is 2.39. The van der Waals surface area contributed by atoms with E-state index in [-0.39, 0.29) is 11.6 Å². The number of rotatable bonds is 4. The zero-order valence-corrected chi connectivity index (χ0v) is 11.8. The summed E-state index contributed by atoms with van der Waals surface area (Å²) in [7, 11) is 0. The molecule has 2 aromatic rings. The van der Waals surface area contributed by atoms with E-state index in [9.17, 15) is 14.9 Å². The normalized spacial score (nSPS) is 11.7. The van der Waals surface area contributed by atoms with Gasteiger partial charge in [-0.3, -0.25) is 14.9 Å². The van der Waals surface area contributed by atoms with Gasteiger partial charge < -0.3 is 5.32 Å². The Morgan fingerprint density at radius 1 is 1.29 bits per heavy atom. The summed E-state index contributed by atoms with van der Waals surface area (Å²) in [5.41, 5.74) is 0.969. The van der Waals surface area contributed by atoms with E-state index in [0.717, 1.165) is 0 Å². The van der Waals surface area contributed by atoms with Gasteiger partial charge in [-0.05, 0) is 13.0 Å². The van der Waals surface area contributed by atoms with Crippen LogP contribution in [0.3, 0.4) is 0 Å². The van der Waals surface area contributed by atoms with Crippen LogP contribution in [0.2, 0.25) is 0 Å². The Hall–Kier alpha value is -2.76. The first kappa shape index (κ1) is 14.6. The molecule has 0 saturated carbocycles. The van der Waals surface area contributed by atoms with Gasteiger partial charge in [0.2, 0.25) is 6.04 Å². The molecule has 108 valence electrons. The van der Waals surface area contributed by atoms with Gasteiger partial charge in [-0.25, -0.2) is 0 Å². The maximum Gasteiger partial charge on any atom is 0.293 e. The number of hydrogen-bond acceptors (Lipinski definition) is 3. The van der Waals surface area contributed by atoms with E-state index in [1.807, 2.05) is 18.2 Å². The Kier molecular flexibility index (Phi) is 4.27. The molecule has 2 rings (SSSR count). The van der Waals surface area contributed by atoms with Crippen LogP contribution in [0, 0.1) is 17.0 Å². The van der Waals surface area contributed by atoms with Gasteiger partial charge in [-0.1, -0.05) is 12.1 Å². The lowest BCUT2D eigenvalue weighted by atomic mass is 10.2. The zero-order valence-electron chi connectivity index (χ0n) is 11.8. The SMILES string of the molecule is Cc1ccc(NC(=O)[C@@H](C)[n+]2ccccc2)cc1[N+](=O)[O-]. The average molecular weight is 286 g/mol. The van der Waals surface area contributed by atoms with E-state index < -0.39 is 11.0 Å². The number of amides is 1. The van der Waals surface area contributed by atoms with E-state index in [1.165, 1.54) is 6.07 Å². The van der Waals surface area contributed by atoms with Crippen LogP contribution in [0.5, 0.6) is 0 Å². The summed E-state index contributed by atoms with van der Waals surface area (Å²) in [6, 6.07) is 9.77. The fourth-order valence-corrected chi connectivity index (χ4v) is 1.94. The quantitative estimate of drug-likeness (QED) is 0.532. The summed E-state index contributed by atoms with van der Waals surface area (Å²) in [6.07, 6.45) is 3.59. The van der Waals surface area contributed by atoms with Gasteiger partial charge in [0.15, 0.2) is 12.4 Å². The molecule has 1 N–H and O–H groups in total. The molecule has 6 heteroatoms. The molecule has 1 aromatic heterocycles. The fraction of sp³-hybridized carbons (Fsp3) is 0.200. The average Bonchev–Trinajstić information content (AvgIpc) is 2.49. The van der Waals surface area contributed by atoms with Crippen LogP contribution in [0.1, 0.15) is 18.5 Å². The summed E-state index contributed by atoms with van der Waals surface area (Å²) in [4.78, 5) is 22.6. The van der Waals surface area contributed by atoms with Crippen LogP contribution in [-0.2, 0) is 4.79 Å². The fourth-order valence-electron chi connectivity index (χ4n) is 1.94. The Balaban J connectivity index is 2.16. The van der Waals surface area contributed by atoms with Crippen molar-refractivity contribution in [1.29, 1.82) is 0 Å². The number of pyridine rings is 1. The molecule has 1 atom stereocenters. The molecule has 0 unspecified atom stereocenters. The van der Waals surface area contributed by atoms with E-state index in [4.69, 9.17) is 0 Å². The molecular weight excluding hydrogens is 270 g/mol. The maximum absolute atomic E-state index is 12.2. The van der Waals surface area contributed by atoms with Crippen molar-refractivity contribution >= 4 is 17.3 Å². The molecule has 6 nitrogen and oxygen atoms in total. The summed E-state index contributed by atoms with van der Waals surface area (Å²) in [5.74, 6) is -0.232. The van der Waals surface area contributed by atoms with Gasteiger partial charge >= 0.3 is 0 Å². The number of carbonyl (C=O) groups excluding carboxylic acids is 1. The third-order valence-electron chi connectivity index (χ3n) is 3.24.